The predicted molar refractivity (Wildman–Crippen MR) is 185 cm³/mol. The topological polar surface area (TPSA) is 166 Å². The Kier molecular flexibility index (Phi) is 12.8. The molecule has 0 spiro atoms. The summed E-state index contributed by atoms with van der Waals surface area (Å²) in [6.07, 6.45) is -5.03. The van der Waals surface area contributed by atoms with Crippen LogP contribution < -0.4 is 21.3 Å². The molecule has 0 unspecified atom stereocenters. The maximum absolute atomic E-state index is 14.0. The molecule has 1 aliphatic carbocycles. The van der Waals surface area contributed by atoms with E-state index in [0.29, 0.717) is 5.56 Å². The molecule has 1 aromatic rings. The third-order valence-corrected chi connectivity index (χ3v) is 9.36. The Morgan fingerprint density at radius 3 is 2.10 bits per heavy atom. The van der Waals surface area contributed by atoms with Crippen molar-refractivity contribution in [2.45, 2.75) is 104 Å². The van der Waals surface area contributed by atoms with Gasteiger partial charge in [-0.3, -0.25) is 24.0 Å². The highest BCUT2D eigenvalue weighted by molar-refractivity contribution is 5.95. The Morgan fingerprint density at radius 2 is 1.57 bits per heavy atom. The second-order valence-corrected chi connectivity index (χ2v) is 16.2. The Morgan fingerprint density at radius 1 is 0.961 bits per heavy atom. The highest BCUT2D eigenvalue weighted by Crippen LogP contribution is 2.65. The number of ether oxygens (including phenoxy) is 1. The molecule has 1 saturated heterocycles. The molecule has 3 rings (SSSR count). The zero-order valence-electron chi connectivity index (χ0n) is 31.3. The number of fused-ring (bicyclic) bond motifs is 1. The summed E-state index contributed by atoms with van der Waals surface area (Å²) in [6, 6.07) is 3.81. The van der Waals surface area contributed by atoms with Crippen molar-refractivity contribution in [3.05, 3.63) is 35.9 Å². The first-order valence-corrected chi connectivity index (χ1v) is 17.2. The quantitative estimate of drug-likeness (QED) is 0.243. The van der Waals surface area contributed by atoms with Crippen molar-refractivity contribution in [2.24, 2.45) is 22.7 Å². The number of alkyl halides is 2. The lowest BCUT2D eigenvalue weighted by Gasteiger charge is -2.38. The van der Waals surface area contributed by atoms with Gasteiger partial charge in [0, 0.05) is 40.0 Å². The van der Waals surface area contributed by atoms with Crippen LogP contribution in [0, 0.1) is 22.7 Å². The van der Waals surface area contributed by atoms with E-state index in [0.717, 1.165) is 0 Å². The van der Waals surface area contributed by atoms with E-state index >= 15 is 0 Å². The summed E-state index contributed by atoms with van der Waals surface area (Å²) in [5, 5.41) is 10.2. The number of hydrogen-bond acceptors (Lipinski definition) is 7. The average Bonchev–Trinajstić information content (AvgIpc) is 3.31. The van der Waals surface area contributed by atoms with Crippen LogP contribution in [0.15, 0.2) is 30.3 Å². The fourth-order valence-corrected chi connectivity index (χ4v) is 6.57. The molecular weight excluding hydrogens is 666 g/mol. The van der Waals surface area contributed by atoms with Gasteiger partial charge in [0.2, 0.25) is 36.0 Å². The molecule has 1 saturated carbocycles. The highest BCUT2D eigenvalue weighted by Gasteiger charge is 2.70. The van der Waals surface area contributed by atoms with Gasteiger partial charge in [0.15, 0.2) is 0 Å². The minimum atomic E-state index is -2.96. The number of piperidine rings is 1. The van der Waals surface area contributed by atoms with Gasteiger partial charge >= 0.3 is 6.09 Å². The fraction of sp³-hybridized carbons (Fsp3) is 0.667. The number of hydrogen-bond donors (Lipinski definition) is 4. The number of likely N-dealkylation sites (N-methyl/N-ethyl adjacent to an activating group) is 1. The molecule has 6 amide bonds. The number of rotatable bonds is 13. The first kappa shape index (κ1) is 41.1. The van der Waals surface area contributed by atoms with Crippen LogP contribution in [0.3, 0.4) is 0 Å². The maximum Gasteiger partial charge on any atom is 0.408 e. The van der Waals surface area contributed by atoms with Crippen molar-refractivity contribution in [3.8, 4) is 0 Å². The number of alkyl carbamates (subject to hydrolysis) is 1. The molecule has 284 valence electrons. The van der Waals surface area contributed by atoms with Gasteiger partial charge in [-0.2, -0.15) is 0 Å². The molecule has 1 aromatic carbocycles. The molecule has 1 aliphatic heterocycles. The number of benzene rings is 1. The number of halogens is 2. The molecule has 15 heteroatoms. The van der Waals surface area contributed by atoms with E-state index < -0.39 is 77.8 Å². The van der Waals surface area contributed by atoms with E-state index in [1.165, 1.54) is 9.80 Å². The monoisotopic (exact) mass is 720 g/mol. The number of nitrogens with zero attached hydrogens (tertiary/aromatic N) is 2. The van der Waals surface area contributed by atoms with Crippen molar-refractivity contribution in [1.82, 2.24) is 31.1 Å². The van der Waals surface area contributed by atoms with Crippen LogP contribution in [-0.2, 0) is 28.7 Å². The first-order valence-electron chi connectivity index (χ1n) is 17.2. The lowest BCUT2D eigenvalue weighted by atomic mass is 9.85. The van der Waals surface area contributed by atoms with Gasteiger partial charge in [0.1, 0.15) is 29.8 Å². The van der Waals surface area contributed by atoms with Crippen molar-refractivity contribution < 1.29 is 42.3 Å². The average molecular weight is 721 g/mol. The smallest absolute Gasteiger partial charge is 0.408 e. The van der Waals surface area contributed by atoms with Crippen molar-refractivity contribution in [2.75, 3.05) is 27.2 Å². The van der Waals surface area contributed by atoms with E-state index in [9.17, 15) is 37.5 Å². The van der Waals surface area contributed by atoms with Gasteiger partial charge < -0.3 is 35.8 Å². The van der Waals surface area contributed by atoms with Crippen LogP contribution in [0.25, 0.3) is 0 Å². The minimum Gasteiger partial charge on any atom is -0.444 e. The molecule has 6 atom stereocenters. The maximum atomic E-state index is 14.0. The SMILES string of the molecule is CN(C)C(=O)[C@@H](NC(=O)CCNC(=O)[C@H](CC(F)F)NC(=O)[C@@H]1[C@@H]2[C@H](CN1C(=O)[C@@H](NC(=O)OC(C)(C)C)C(C)(C)C)C2(C)C)c1ccccc1. The zero-order valence-corrected chi connectivity index (χ0v) is 31.3. The third kappa shape index (κ3) is 10.6. The minimum absolute atomic E-state index is 0.0562. The van der Waals surface area contributed by atoms with Crippen LogP contribution >= 0.6 is 0 Å². The molecule has 2 fully saturated rings. The number of carbonyl (C=O) groups is 6. The molecule has 0 aromatic heterocycles. The van der Waals surface area contributed by atoms with Crippen LogP contribution in [0.1, 0.15) is 79.8 Å². The molecular formula is C36H54F2N6O7. The van der Waals surface area contributed by atoms with Crippen LogP contribution in [0.5, 0.6) is 0 Å². The largest absolute Gasteiger partial charge is 0.444 e. The molecule has 51 heavy (non-hydrogen) atoms. The van der Waals surface area contributed by atoms with Gasteiger partial charge in [-0.15, -0.1) is 0 Å². The van der Waals surface area contributed by atoms with Crippen molar-refractivity contribution in [3.63, 3.8) is 0 Å². The first-order chi connectivity index (χ1) is 23.5. The summed E-state index contributed by atoms with van der Waals surface area (Å²) in [7, 11) is 3.11. The normalized spacial score (nSPS) is 21.0. The number of likely N-dealkylation sites (tertiary alicyclic amines) is 1. The Hall–Kier alpha value is -4.30. The second kappa shape index (κ2) is 15.9. The Balaban J connectivity index is 1.72. The summed E-state index contributed by atoms with van der Waals surface area (Å²) in [5.41, 5.74) is -1.38. The molecule has 0 radical (unpaired) electrons. The second-order valence-electron chi connectivity index (χ2n) is 16.2. The van der Waals surface area contributed by atoms with Gasteiger partial charge in [0.05, 0.1) is 0 Å². The summed E-state index contributed by atoms with van der Waals surface area (Å²) in [5.74, 6) is -3.51. The molecule has 4 N–H and O–H groups in total. The number of carbonyl (C=O) groups excluding carboxylic acids is 6. The number of nitrogens with one attached hydrogen (secondary N) is 4. The Bertz CT molecular complexity index is 1460. The van der Waals surface area contributed by atoms with Gasteiger partial charge in [-0.05, 0) is 49.0 Å². The summed E-state index contributed by atoms with van der Waals surface area (Å²) in [6.45, 7) is 14.2. The molecule has 2 aliphatic rings. The predicted octanol–water partition coefficient (Wildman–Crippen LogP) is 3.00. The van der Waals surface area contributed by atoms with Gasteiger partial charge in [0.25, 0.3) is 0 Å². The molecule has 1 heterocycles. The zero-order chi connectivity index (χ0) is 38.6. The number of amides is 6. The lowest BCUT2D eigenvalue weighted by Crippen LogP contribution is -2.61. The lowest BCUT2D eigenvalue weighted by molar-refractivity contribution is -0.144. The van der Waals surface area contributed by atoms with Crippen LogP contribution in [0.2, 0.25) is 0 Å². The summed E-state index contributed by atoms with van der Waals surface area (Å²) < 4.78 is 32.8. The van der Waals surface area contributed by atoms with E-state index in [2.05, 4.69) is 21.3 Å². The van der Waals surface area contributed by atoms with Crippen molar-refractivity contribution in [1.29, 1.82) is 0 Å². The third-order valence-electron chi connectivity index (χ3n) is 9.36. The van der Waals surface area contributed by atoms with Crippen LogP contribution in [0.4, 0.5) is 13.6 Å². The standard InChI is InChI=1S/C36H54F2N6O7/c1-34(2,3)28(42-33(50)51-35(4,5)6)32(49)44-19-21-25(36(21,7)8)27(44)30(47)40-22(18-23(37)38)29(46)39-17-16-24(45)41-26(31(48)43(9)10)20-14-12-11-13-15-20/h11-15,21-23,25-28H,16-19H2,1-10H3,(H,39,46)(H,40,47)(H,41,45)(H,42,50)/t21-,22-,25-,26-,27-,28+/m0/s1. The van der Waals surface area contributed by atoms with Crippen molar-refractivity contribution >= 4 is 35.6 Å². The van der Waals surface area contributed by atoms with Gasteiger partial charge in [-0.1, -0.05) is 65.0 Å². The van der Waals surface area contributed by atoms with E-state index in [1.807, 2.05) is 13.8 Å². The Labute approximate surface area is 299 Å². The highest BCUT2D eigenvalue weighted by atomic mass is 19.3. The molecule has 0 bridgehead atoms. The van der Waals surface area contributed by atoms with E-state index in [1.54, 1.807) is 86.0 Å². The summed E-state index contributed by atoms with van der Waals surface area (Å²) in [4.78, 5) is 82.1. The van der Waals surface area contributed by atoms with Crippen LogP contribution in [-0.4, -0.2) is 103 Å². The van der Waals surface area contributed by atoms with E-state index in [4.69, 9.17) is 4.74 Å². The van der Waals surface area contributed by atoms with E-state index in [-0.39, 0.29) is 42.7 Å². The fourth-order valence-electron chi connectivity index (χ4n) is 6.57. The summed E-state index contributed by atoms with van der Waals surface area (Å²) >= 11 is 0. The van der Waals surface area contributed by atoms with Gasteiger partial charge in [-0.25, -0.2) is 13.6 Å². The molecule has 13 nitrogen and oxygen atoms in total.